The molecular weight excluding hydrogens is 305 g/mol. The number of halogens is 2. The Morgan fingerprint density at radius 3 is 2.67 bits per heavy atom. The molecule has 0 aliphatic carbocycles. The minimum Gasteiger partial charge on any atom is -0.383 e. The van der Waals surface area contributed by atoms with Crippen LogP contribution in [-0.2, 0) is 6.42 Å². The molecule has 0 fully saturated rings. The summed E-state index contributed by atoms with van der Waals surface area (Å²) in [5, 5.41) is 10.3. The van der Waals surface area contributed by atoms with Gasteiger partial charge in [-0.3, -0.25) is 0 Å². The third-order valence-electron chi connectivity index (χ3n) is 3.37. The average Bonchev–Trinajstić information content (AvgIpc) is 2.45. The minimum absolute atomic E-state index is 0.223. The molecule has 2 N–H and O–H groups in total. The van der Waals surface area contributed by atoms with E-state index in [1.165, 1.54) is 0 Å². The van der Waals surface area contributed by atoms with Gasteiger partial charge in [0.1, 0.15) is 17.5 Å². The van der Waals surface area contributed by atoms with E-state index in [4.69, 9.17) is 28.9 Å². The van der Waals surface area contributed by atoms with Crippen molar-refractivity contribution in [2.75, 3.05) is 5.73 Å². The lowest BCUT2D eigenvalue weighted by molar-refractivity contribution is 0.901. The van der Waals surface area contributed by atoms with Crippen molar-refractivity contribution in [3.05, 3.63) is 45.1 Å². The SMILES string of the molecule is CCCc1c(C)nc(N)c(C#N)c1-c1cccc(Cl)c1Cl. The van der Waals surface area contributed by atoms with E-state index in [-0.39, 0.29) is 5.82 Å². The highest BCUT2D eigenvalue weighted by atomic mass is 35.5. The zero-order valence-electron chi connectivity index (χ0n) is 11.9. The maximum atomic E-state index is 9.46. The van der Waals surface area contributed by atoms with Crippen molar-refractivity contribution in [2.24, 2.45) is 0 Å². The van der Waals surface area contributed by atoms with Crippen LogP contribution in [0.2, 0.25) is 10.0 Å². The van der Waals surface area contributed by atoms with E-state index in [9.17, 15) is 5.26 Å². The zero-order chi connectivity index (χ0) is 15.6. The van der Waals surface area contributed by atoms with Crippen molar-refractivity contribution in [2.45, 2.75) is 26.7 Å². The van der Waals surface area contributed by atoms with Crippen LogP contribution in [0.25, 0.3) is 11.1 Å². The summed E-state index contributed by atoms with van der Waals surface area (Å²) in [5.74, 6) is 0.223. The maximum absolute atomic E-state index is 9.46. The number of nitrogen functional groups attached to an aromatic ring is 1. The molecule has 0 amide bonds. The topological polar surface area (TPSA) is 62.7 Å². The summed E-state index contributed by atoms with van der Waals surface area (Å²) >= 11 is 12.4. The van der Waals surface area contributed by atoms with E-state index in [1.54, 1.807) is 6.07 Å². The quantitative estimate of drug-likeness (QED) is 0.886. The van der Waals surface area contributed by atoms with Crippen molar-refractivity contribution >= 4 is 29.0 Å². The second-order valence-corrected chi connectivity index (χ2v) is 5.56. The van der Waals surface area contributed by atoms with Crippen LogP contribution in [-0.4, -0.2) is 4.98 Å². The summed E-state index contributed by atoms with van der Waals surface area (Å²) in [7, 11) is 0. The lowest BCUT2D eigenvalue weighted by Crippen LogP contribution is -2.05. The molecule has 0 unspecified atom stereocenters. The van der Waals surface area contributed by atoms with Crippen LogP contribution in [0.4, 0.5) is 5.82 Å². The molecule has 0 aliphatic heterocycles. The molecule has 2 rings (SSSR count). The van der Waals surface area contributed by atoms with Crippen LogP contribution in [0.1, 0.15) is 30.2 Å². The van der Waals surface area contributed by atoms with Crippen LogP contribution in [0.3, 0.4) is 0 Å². The fourth-order valence-corrected chi connectivity index (χ4v) is 2.82. The van der Waals surface area contributed by atoms with Crippen molar-refractivity contribution in [3.8, 4) is 17.2 Å². The molecule has 0 atom stereocenters. The molecule has 21 heavy (non-hydrogen) atoms. The Hall–Kier alpha value is -1.76. The molecule has 0 saturated carbocycles. The lowest BCUT2D eigenvalue weighted by Gasteiger charge is -2.16. The van der Waals surface area contributed by atoms with Crippen LogP contribution in [0, 0.1) is 18.3 Å². The highest BCUT2D eigenvalue weighted by molar-refractivity contribution is 6.43. The van der Waals surface area contributed by atoms with Gasteiger partial charge in [0.25, 0.3) is 0 Å². The summed E-state index contributed by atoms with van der Waals surface area (Å²) in [6.45, 7) is 3.97. The van der Waals surface area contributed by atoms with Gasteiger partial charge in [-0.2, -0.15) is 5.26 Å². The van der Waals surface area contributed by atoms with E-state index in [1.807, 2.05) is 19.1 Å². The number of pyridine rings is 1. The van der Waals surface area contributed by atoms with E-state index >= 15 is 0 Å². The first-order valence-electron chi connectivity index (χ1n) is 6.64. The first kappa shape index (κ1) is 15.6. The Morgan fingerprint density at radius 1 is 1.33 bits per heavy atom. The van der Waals surface area contributed by atoms with Gasteiger partial charge in [0.05, 0.1) is 10.0 Å². The predicted molar refractivity (Wildman–Crippen MR) is 87.6 cm³/mol. The van der Waals surface area contributed by atoms with Gasteiger partial charge < -0.3 is 5.73 Å². The average molecular weight is 320 g/mol. The Labute approximate surface area is 134 Å². The largest absolute Gasteiger partial charge is 0.383 e. The Bertz CT molecular complexity index is 733. The number of nitrogens with zero attached hydrogens (tertiary/aromatic N) is 2. The number of hydrogen-bond acceptors (Lipinski definition) is 3. The molecule has 5 heteroatoms. The van der Waals surface area contributed by atoms with Crippen LogP contribution in [0.5, 0.6) is 0 Å². The highest BCUT2D eigenvalue weighted by Crippen LogP contribution is 2.39. The standard InChI is InChI=1S/C16H15Cl2N3/c1-3-5-10-9(2)21-16(20)12(8-19)14(10)11-6-4-7-13(17)15(11)18/h4,6-7H,3,5H2,1-2H3,(H2,20,21). The molecule has 3 nitrogen and oxygen atoms in total. The first-order valence-corrected chi connectivity index (χ1v) is 7.40. The first-order chi connectivity index (χ1) is 10.0. The third-order valence-corrected chi connectivity index (χ3v) is 4.18. The number of aromatic nitrogens is 1. The second kappa shape index (κ2) is 6.34. The number of anilines is 1. The number of hydrogen-bond donors (Lipinski definition) is 1. The number of rotatable bonds is 3. The van der Waals surface area contributed by atoms with Crippen LogP contribution in [0.15, 0.2) is 18.2 Å². The maximum Gasteiger partial charge on any atom is 0.142 e. The van der Waals surface area contributed by atoms with Crippen molar-refractivity contribution < 1.29 is 0 Å². The smallest absolute Gasteiger partial charge is 0.142 e. The van der Waals surface area contributed by atoms with Gasteiger partial charge >= 0.3 is 0 Å². The van der Waals surface area contributed by atoms with E-state index in [0.717, 1.165) is 35.2 Å². The molecule has 108 valence electrons. The van der Waals surface area contributed by atoms with Crippen molar-refractivity contribution in [3.63, 3.8) is 0 Å². The molecule has 0 saturated heterocycles. The third kappa shape index (κ3) is 2.83. The molecule has 0 radical (unpaired) electrons. The molecule has 1 aromatic heterocycles. The number of nitrogens with two attached hydrogens (primary N) is 1. The van der Waals surface area contributed by atoms with E-state index < -0.39 is 0 Å². The summed E-state index contributed by atoms with van der Waals surface area (Å²) in [5.41, 5.74) is 9.55. The minimum atomic E-state index is 0.223. The molecule has 2 aromatic rings. The summed E-state index contributed by atoms with van der Waals surface area (Å²) in [6.07, 6.45) is 1.73. The van der Waals surface area contributed by atoms with Gasteiger partial charge in [-0.15, -0.1) is 0 Å². The van der Waals surface area contributed by atoms with Gasteiger partial charge in [0.2, 0.25) is 0 Å². The second-order valence-electron chi connectivity index (χ2n) is 4.77. The van der Waals surface area contributed by atoms with E-state index in [0.29, 0.717) is 15.6 Å². The Kier molecular flexibility index (Phi) is 4.72. The fraction of sp³-hybridized carbons (Fsp3) is 0.250. The Balaban J connectivity index is 2.88. The molecule has 1 aromatic carbocycles. The lowest BCUT2D eigenvalue weighted by atomic mass is 9.92. The van der Waals surface area contributed by atoms with Crippen LogP contribution < -0.4 is 5.73 Å². The summed E-state index contributed by atoms with van der Waals surface area (Å²) in [6, 6.07) is 7.53. The van der Waals surface area contributed by atoms with Crippen LogP contribution >= 0.6 is 23.2 Å². The zero-order valence-corrected chi connectivity index (χ0v) is 13.4. The van der Waals surface area contributed by atoms with Gasteiger partial charge in [-0.1, -0.05) is 48.7 Å². The fourth-order valence-electron chi connectivity index (χ4n) is 2.43. The van der Waals surface area contributed by atoms with E-state index in [2.05, 4.69) is 18.0 Å². The van der Waals surface area contributed by atoms with Gasteiger partial charge in [0, 0.05) is 16.8 Å². The van der Waals surface area contributed by atoms with Gasteiger partial charge in [-0.05, 0) is 25.0 Å². The number of aryl methyl sites for hydroxylation is 1. The molecular formula is C16H15Cl2N3. The summed E-state index contributed by atoms with van der Waals surface area (Å²) in [4.78, 5) is 4.28. The molecule has 1 heterocycles. The highest BCUT2D eigenvalue weighted by Gasteiger charge is 2.20. The Morgan fingerprint density at radius 2 is 2.05 bits per heavy atom. The molecule has 0 bridgehead atoms. The number of benzene rings is 1. The number of nitriles is 1. The van der Waals surface area contributed by atoms with Gasteiger partial charge in [-0.25, -0.2) is 4.98 Å². The predicted octanol–water partition coefficient (Wildman–Crippen LogP) is 4.77. The summed E-state index contributed by atoms with van der Waals surface area (Å²) < 4.78 is 0. The van der Waals surface area contributed by atoms with Crippen molar-refractivity contribution in [1.82, 2.24) is 4.98 Å². The normalized spacial score (nSPS) is 10.4. The monoisotopic (exact) mass is 319 g/mol. The van der Waals surface area contributed by atoms with Crippen molar-refractivity contribution in [1.29, 1.82) is 5.26 Å². The van der Waals surface area contributed by atoms with Gasteiger partial charge in [0.15, 0.2) is 0 Å². The molecule has 0 aliphatic rings. The molecule has 0 spiro atoms.